The summed E-state index contributed by atoms with van der Waals surface area (Å²) in [5, 5.41) is 8.71. The number of hydrogen-bond acceptors (Lipinski definition) is 3. The van der Waals surface area contributed by atoms with Crippen LogP contribution in [0.15, 0.2) is 0 Å². The molecular formula is C7H12O3. The molecule has 0 unspecified atom stereocenters. The molecule has 10 heavy (non-hydrogen) atoms. The summed E-state index contributed by atoms with van der Waals surface area (Å²) in [4.78, 5) is 10.6. The summed E-state index contributed by atoms with van der Waals surface area (Å²) in [6.45, 7) is 1.96. The van der Waals surface area contributed by atoms with E-state index in [1.165, 1.54) is 0 Å². The molecule has 3 heteroatoms. The minimum atomic E-state index is -0.238. The Bertz CT molecular complexity index is 119. The Morgan fingerprint density at radius 2 is 2.50 bits per heavy atom. The van der Waals surface area contributed by atoms with Crippen LogP contribution in [0.5, 0.6) is 0 Å². The Balaban J connectivity index is 2.48. The average Bonchev–Trinajstić information content (AvgIpc) is 2.30. The molecule has 0 saturated carbocycles. The highest BCUT2D eigenvalue weighted by Gasteiger charge is 2.32. The number of aliphatic hydroxyl groups excluding tert-OH is 1. The summed E-state index contributed by atoms with van der Waals surface area (Å²) in [6.07, 6.45) is 1.14. The lowest BCUT2D eigenvalue weighted by atomic mass is 9.99. The van der Waals surface area contributed by atoms with Crippen LogP contribution in [0.4, 0.5) is 0 Å². The molecule has 0 spiro atoms. The molecular weight excluding hydrogens is 132 g/mol. The highest BCUT2D eigenvalue weighted by atomic mass is 16.6. The predicted octanol–water partition coefficient (Wildman–Crippen LogP) is 0.320. The van der Waals surface area contributed by atoms with E-state index in [4.69, 9.17) is 9.84 Å². The van der Waals surface area contributed by atoms with Gasteiger partial charge in [-0.3, -0.25) is 4.79 Å². The van der Waals surface area contributed by atoms with Gasteiger partial charge in [0, 0.05) is 5.92 Å². The second-order valence-corrected chi connectivity index (χ2v) is 2.58. The van der Waals surface area contributed by atoms with Crippen molar-refractivity contribution in [3.63, 3.8) is 0 Å². The van der Waals surface area contributed by atoms with Gasteiger partial charge < -0.3 is 9.84 Å². The van der Waals surface area contributed by atoms with Gasteiger partial charge >= 0.3 is 5.97 Å². The lowest BCUT2D eigenvalue weighted by Gasteiger charge is -2.11. The van der Waals surface area contributed by atoms with Gasteiger partial charge in [-0.2, -0.15) is 0 Å². The first kappa shape index (κ1) is 7.54. The summed E-state index contributed by atoms with van der Waals surface area (Å²) in [6, 6.07) is 0. The standard InChI is InChI=1S/C7H12O3/c1-2-5-3-7(9)10-6(5)4-8/h5-6,8H,2-4H2,1H3/t5-,6+/m0/s1. The number of rotatable bonds is 2. The first-order valence-corrected chi connectivity index (χ1v) is 3.58. The van der Waals surface area contributed by atoms with Crippen molar-refractivity contribution in [1.29, 1.82) is 0 Å². The van der Waals surface area contributed by atoms with Crippen molar-refractivity contribution in [2.24, 2.45) is 5.92 Å². The van der Waals surface area contributed by atoms with Gasteiger partial charge in [-0.05, 0) is 6.42 Å². The van der Waals surface area contributed by atoms with Crippen molar-refractivity contribution in [1.82, 2.24) is 0 Å². The van der Waals surface area contributed by atoms with Gasteiger partial charge in [0.15, 0.2) is 0 Å². The number of aliphatic hydroxyl groups is 1. The Morgan fingerprint density at radius 1 is 1.80 bits per heavy atom. The Kier molecular flexibility index (Phi) is 2.27. The lowest BCUT2D eigenvalue weighted by Crippen LogP contribution is -2.19. The molecule has 0 radical (unpaired) electrons. The van der Waals surface area contributed by atoms with E-state index in [0.717, 1.165) is 6.42 Å². The number of carbonyl (C=O) groups is 1. The first-order valence-electron chi connectivity index (χ1n) is 3.58. The number of ether oxygens (including phenoxy) is 1. The van der Waals surface area contributed by atoms with Crippen molar-refractivity contribution >= 4 is 5.97 Å². The maximum Gasteiger partial charge on any atom is 0.306 e. The van der Waals surface area contributed by atoms with E-state index in [1.807, 2.05) is 6.92 Å². The number of carbonyl (C=O) groups excluding carboxylic acids is 1. The minimum absolute atomic E-state index is 0.0375. The molecule has 58 valence electrons. The SMILES string of the molecule is CC[C@H]1CC(=O)O[C@@H]1CO. The van der Waals surface area contributed by atoms with Crippen LogP contribution in [0.1, 0.15) is 19.8 Å². The fourth-order valence-corrected chi connectivity index (χ4v) is 1.25. The molecule has 1 heterocycles. The fraction of sp³-hybridized carbons (Fsp3) is 0.857. The predicted molar refractivity (Wildman–Crippen MR) is 35.4 cm³/mol. The minimum Gasteiger partial charge on any atom is -0.460 e. The molecule has 0 aromatic carbocycles. The second kappa shape index (κ2) is 3.01. The zero-order chi connectivity index (χ0) is 7.56. The molecule has 0 aromatic heterocycles. The van der Waals surface area contributed by atoms with Crippen molar-refractivity contribution in [2.75, 3.05) is 6.61 Å². The number of cyclic esters (lactones) is 1. The van der Waals surface area contributed by atoms with E-state index in [-0.39, 0.29) is 24.6 Å². The van der Waals surface area contributed by atoms with Crippen LogP contribution in [0.25, 0.3) is 0 Å². The largest absolute Gasteiger partial charge is 0.460 e. The molecule has 1 aliphatic heterocycles. The van der Waals surface area contributed by atoms with Crippen LogP contribution in [0, 0.1) is 5.92 Å². The fourth-order valence-electron chi connectivity index (χ4n) is 1.25. The zero-order valence-electron chi connectivity index (χ0n) is 6.04. The van der Waals surface area contributed by atoms with Crippen molar-refractivity contribution in [3.05, 3.63) is 0 Å². The van der Waals surface area contributed by atoms with E-state index in [1.54, 1.807) is 0 Å². The molecule has 0 amide bonds. The van der Waals surface area contributed by atoms with E-state index >= 15 is 0 Å². The average molecular weight is 144 g/mol. The molecule has 0 aromatic rings. The van der Waals surface area contributed by atoms with E-state index in [9.17, 15) is 4.79 Å². The van der Waals surface area contributed by atoms with Crippen molar-refractivity contribution < 1.29 is 14.6 Å². The summed E-state index contributed by atoms with van der Waals surface area (Å²) >= 11 is 0. The molecule has 1 saturated heterocycles. The van der Waals surface area contributed by atoms with Gasteiger partial charge in [-0.15, -0.1) is 0 Å². The molecule has 1 aliphatic rings. The quantitative estimate of drug-likeness (QED) is 0.568. The van der Waals surface area contributed by atoms with E-state index in [2.05, 4.69) is 0 Å². The van der Waals surface area contributed by atoms with Crippen LogP contribution >= 0.6 is 0 Å². The lowest BCUT2D eigenvalue weighted by molar-refractivity contribution is -0.142. The van der Waals surface area contributed by atoms with Gasteiger partial charge in [0.25, 0.3) is 0 Å². The normalized spacial score (nSPS) is 32.4. The zero-order valence-corrected chi connectivity index (χ0v) is 6.04. The van der Waals surface area contributed by atoms with Gasteiger partial charge in [0.1, 0.15) is 6.10 Å². The van der Waals surface area contributed by atoms with Gasteiger partial charge in [-0.25, -0.2) is 0 Å². The summed E-state index contributed by atoms with van der Waals surface area (Å²) in [7, 11) is 0. The Hall–Kier alpha value is -0.570. The highest BCUT2D eigenvalue weighted by molar-refractivity contribution is 5.72. The second-order valence-electron chi connectivity index (χ2n) is 2.58. The monoisotopic (exact) mass is 144 g/mol. The highest BCUT2D eigenvalue weighted by Crippen LogP contribution is 2.24. The Labute approximate surface area is 60.0 Å². The van der Waals surface area contributed by atoms with Gasteiger partial charge in [0.2, 0.25) is 0 Å². The molecule has 0 bridgehead atoms. The maximum absolute atomic E-state index is 10.6. The van der Waals surface area contributed by atoms with Crippen LogP contribution in [0.3, 0.4) is 0 Å². The van der Waals surface area contributed by atoms with Gasteiger partial charge in [0.05, 0.1) is 13.0 Å². The van der Waals surface area contributed by atoms with E-state index < -0.39 is 0 Å². The van der Waals surface area contributed by atoms with Crippen LogP contribution in [-0.2, 0) is 9.53 Å². The molecule has 2 atom stereocenters. The topological polar surface area (TPSA) is 46.5 Å². The molecule has 1 N–H and O–H groups in total. The Morgan fingerprint density at radius 3 is 2.90 bits per heavy atom. The van der Waals surface area contributed by atoms with Crippen molar-refractivity contribution in [3.8, 4) is 0 Å². The third-order valence-corrected chi connectivity index (χ3v) is 1.94. The molecule has 1 rings (SSSR count). The molecule has 1 fully saturated rings. The molecule has 0 aliphatic carbocycles. The number of hydrogen-bond donors (Lipinski definition) is 1. The third kappa shape index (κ3) is 1.29. The van der Waals surface area contributed by atoms with Crippen LogP contribution < -0.4 is 0 Å². The summed E-state index contributed by atoms with van der Waals surface area (Å²) < 4.78 is 4.83. The smallest absolute Gasteiger partial charge is 0.306 e. The molecule has 3 nitrogen and oxygen atoms in total. The maximum atomic E-state index is 10.6. The third-order valence-electron chi connectivity index (χ3n) is 1.94. The van der Waals surface area contributed by atoms with Crippen LogP contribution in [0.2, 0.25) is 0 Å². The first-order chi connectivity index (χ1) is 4.77. The van der Waals surface area contributed by atoms with Crippen LogP contribution in [-0.4, -0.2) is 23.8 Å². The number of esters is 1. The summed E-state index contributed by atoms with van der Waals surface area (Å²) in [5.74, 6) is 0.0587. The van der Waals surface area contributed by atoms with E-state index in [0.29, 0.717) is 6.42 Å². The van der Waals surface area contributed by atoms with Crippen molar-refractivity contribution in [2.45, 2.75) is 25.9 Å². The summed E-state index contributed by atoms with van der Waals surface area (Å²) in [5.41, 5.74) is 0. The van der Waals surface area contributed by atoms with Gasteiger partial charge in [-0.1, -0.05) is 6.92 Å².